The SMILES string of the molecule is O=S(=O)(c1ccc(Cl)cc1)N1CCC(c2cc3cc(Cl)ccc3[nH]2)CC1. The van der Waals surface area contributed by atoms with E-state index in [2.05, 4.69) is 11.1 Å². The van der Waals surface area contributed by atoms with Crippen LogP contribution < -0.4 is 0 Å². The van der Waals surface area contributed by atoms with Gasteiger partial charge >= 0.3 is 0 Å². The third-order valence-corrected chi connectivity index (χ3v) is 7.35. The summed E-state index contributed by atoms with van der Waals surface area (Å²) in [5, 5.41) is 2.33. The van der Waals surface area contributed by atoms with Crippen molar-refractivity contribution in [1.82, 2.24) is 9.29 Å². The van der Waals surface area contributed by atoms with Gasteiger partial charge in [-0.05, 0) is 61.4 Å². The number of aromatic nitrogens is 1. The van der Waals surface area contributed by atoms with Crippen LogP contribution in [0.1, 0.15) is 24.5 Å². The van der Waals surface area contributed by atoms with Crippen molar-refractivity contribution in [2.24, 2.45) is 0 Å². The average molecular weight is 409 g/mol. The summed E-state index contributed by atoms with van der Waals surface area (Å²) in [6, 6.07) is 14.2. The van der Waals surface area contributed by atoms with Crippen LogP contribution in [0.2, 0.25) is 10.0 Å². The quantitative estimate of drug-likeness (QED) is 0.659. The molecular formula is C19H18Cl2N2O2S. The monoisotopic (exact) mass is 408 g/mol. The Bertz CT molecular complexity index is 1040. The third-order valence-electron chi connectivity index (χ3n) is 4.95. The number of H-pyrrole nitrogens is 1. The fourth-order valence-electron chi connectivity index (χ4n) is 3.51. The number of nitrogens with zero attached hydrogens (tertiary/aromatic N) is 1. The van der Waals surface area contributed by atoms with Gasteiger partial charge in [-0.3, -0.25) is 0 Å². The summed E-state index contributed by atoms with van der Waals surface area (Å²) >= 11 is 11.9. The van der Waals surface area contributed by atoms with Crippen LogP contribution in [0.15, 0.2) is 53.4 Å². The molecule has 1 N–H and O–H groups in total. The number of benzene rings is 2. The molecule has 26 heavy (non-hydrogen) atoms. The van der Waals surface area contributed by atoms with Crippen LogP contribution in [0.25, 0.3) is 10.9 Å². The maximum atomic E-state index is 12.8. The molecule has 2 heterocycles. The minimum absolute atomic E-state index is 0.292. The maximum Gasteiger partial charge on any atom is 0.243 e. The zero-order chi connectivity index (χ0) is 18.3. The predicted octanol–water partition coefficient (Wildman–Crippen LogP) is 5.04. The van der Waals surface area contributed by atoms with Gasteiger partial charge in [-0.2, -0.15) is 4.31 Å². The van der Waals surface area contributed by atoms with Gasteiger partial charge in [-0.25, -0.2) is 8.42 Å². The number of nitrogens with one attached hydrogen (secondary N) is 1. The highest BCUT2D eigenvalue weighted by Crippen LogP contribution is 2.32. The second kappa shape index (κ2) is 6.89. The number of halogens is 2. The molecule has 0 radical (unpaired) electrons. The smallest absolute Gasteiger partial charge is 0.243 e. The van der Waals surface area contributed by atoms with Crippen LogP contribution in [-0.2, 0) is 10.0 Å². The van der Waals surface area contributed by atoms with Crippen molar-refractivity contribution in [1.29, 1.82) is 0 Å². The fourth-order valence-corrected chi connectivity index (χ4v) is 5.28. The van der Waals surface area contributed by atoms with Gasteiger partial charge in [0.1, 0.15) is 0 Å². The molecule has 0 spiro atoms. The summed E-state index contributed by atoms with van der Waals surface area (Å²) in [6.07, 6.45) is 1.57. The lowest BCUT2D eigenvalue weighted by atomic mass is 9.95. The normalized spacial score (nSPS) is 17.0. The molecule has 0 aliphatic carbocycles. The molecule has 7 heteroatoms. The van der Waals surface area contributed by atoms with Gasteiger partial charge in [-0.1, -0.05) is 23.2 Å². The van der Waals surface area contributed by atoms with E-state index >= 15 is 0 Å². The van der Waals surface area contributed by atoms with Crippen LogP contribution in [0, 0.1) is 0 Å². The summed E-state index contributed by atoms with van der Waals surface area (Å²) < 4.78 is 27.1. The molecule has 1 aromatic heterocycles. The molecule has 0 atom stereocenters. The van der Waals surface area contributed by atoms with Gasteiger partial charge in [0, 0.05) is 45.6 Å². The van der Waals surface area contributed by atoms with E-state index < -0.39 is 10.0 Å². The Morgan fingerprint density at radius 2 is 1.58 bits per heavy atom. The summed E-state index contributed by atoms with van der Waals surface area (Å²) in [7, 11) is -3.47. The molecule has 0 amide bonds. The minimum Gasteiger partial charge on any atom is -0.358 e. The van der Waals surface area contributed by atoms with Crippen molar-refractivity contribution in [3.8, 4) is 0 Å². The molecule has 1 aliphatic heterocycles. The predicted molar refractivity (Wildman–Crippen MR) is 105 cm³/mol. The van der Waals surface area contributed by atoms with Crippen molar-refractivity contribution in [2.75, 3.05) is 13.1 Å². The van der Waals surface area contributed by atoms with Gasteiger partial charge < -0.3 is 4.98 Å². The van der Waals surface area contributed by atoms with Crippen LogP contribution in [0.5, 0.6) is 0 Å². The standard InChI is InChI=1S/C19H18Cl2N2O2S/c20-15-1-4-17(5-2-15)26(24,25)23-9-7-13(8-10-23)19-12-14-11-16(21)3-6-18(14)22-19/h1-6,11-13,22H,7-10H2. The van der Waals surface area contributed by atoms with E-state index in [4.69, 9.17) is 23.2 Å². The molecule has 1 fully saturated rings. The topological polar surface area (TPSA) is 53.2 Å². The molecule has 0 saturated carbocycles. The molecule has 2 aromatic carbocycles. The molecule has 1 aliphatic rings. The molecule has 136 valence electrons. The number of aromatic amines is 1. The van der Waals surface area contributed by atoms with Gasteiger partial charge in [0.25, 0.3) is 0 Å². The van der Waals surface area contributed by atoms with Crippen molar-refractivity contribution in [2.45, 2.75) is 23.7 Å². The number of hydrogen-bond acceptors (Lipinski definition) is 2. The lowest BCUT2D eigenvalue weighted by Gasteiger charge is -2.30. The molecule has 0 unspecified atom stereocenters. The van der Waals surface area contributed by atoms with Gasteiger partial charge in [-0.15, -0.1) is 0 Å². The third kappa shape index (κ3) is 3.37. The number of hydrogen-bond donors (Lipinski definition) is 1. The highest BCUT2D eigenvalue weighted by molar-refractivity contribution is 7.89. The Hall–Kier alpha value is -1.53. The number of piperidine rings is 1. The van der Waals surface area contributed by atoms with Crippen LogP contribution in [0.4, 0.5) is 0 Å². The van der Waals surface area contributed by atoms with Crippen molar-refractivity contribution >= 4 is 44.1 Å². The van der Waals surface area contributed by atoms with E-state index in [-0.39, 0.29) is 0 Å². The molecule has 1 saturated heterocycles. The first-order valence-electron chi connectivity index (χ1n) is 8.47. The van der Waals surface area contributed by atoms with Crippen molar-refractivity contribution in [3.05, 3.63) is 64.3 Å². The van der Waals surface area contributed by atoms with Gasteiger partial charge in [0.2, 0.25) is 10.0 Å². The fraction of sp³-hybridized carbons (Fsp3) is 0.263. The Labute approximate surface area is 162 Å². The van der Waals surface area contributed by atoms with Crippen molar-refractivity contribution < 1.29 is 8.42 Å². The number of rotatable bonds is 3. The average Bonchev–Trinajstić information content (AvgIpc) is 3.05. The first kappa shape index (κ1) is 17.9. The largest absolute Gasteiger partial charge is 0.358 e. The summed E-state index contributed by atoms with van der Waals surface area (Å²) in [5.74, 6) is 0.317. The Balaban J connectivity index is 1.50. The van der Waals surface area contributed by atoms with Crippen molar-refractivity contribution in [3.63, 3.8) is 0 Å². The zero-order valence-electron chi connectivity index (χ0n) is 14.0. The zero-order valence-corrected chi connectivity index (χ0v) is 16.3. The molecule has 4 rings (SSSR count). The first-order valence-corrected chi connectivity index (χ1v) is 10.7. The van der Waals surface area contributed by atoms with Gasteiger partial charge in [0.05, 0.1) is 4.90 Å². The second-order valence-corrected chi connectivity index (χ2v) is 9.40. The van der Waals surface area contributed by atoms with E-state index in [1.165, 1.54) is 0 Å². The Morgan fingerprint density at radius 1 is 0.923 bits per heavy atom. The van der Waals surface area contributed by atoms with E-state index in [9.17, 15) is 8.42 Å². The van der Waals surface area contributed by atoms with Gasteiger partial charge in [0.15, 0.2) is 0 Å². The van der Waals surface area contributed by atoms with E-state index in [0.717, 1.165) is 29.4 Å². The molecule has 3 aromatic rings. The summed E-state index contributed by atoms with van der Waals surface area (Å²) in [5.41, 5.74) is 2.20. The highest BCUT2D eigenvalue weighted by atomic mass is 35.5. The Kier molecular flexibility index (Phi) is 4.73. The second-order valence-electron chi connectivity index (χ2n) is 6.59. The van der Waals surface area contributed by atoms with E-state index in [1.54, 1.807) is 28.6 Å². The summed E-state index contributed by atoms with van der Waals surface area (Å²) in [6.45, 7) is 1.01. The van der Waals surface area contributed by atoms with Crippen LogP contribution >= 0.6 is 23.2 Å². The lowest BCUT2D eigenvalue weighted by Crippen LogP contribution is -2.37. The molecule has 0 bridgehead atoms. The molecular weight excluding hydrogens is 391 g/mol. The minimum atomic E-state index is -3.47. The van der Waals surface area contributed by atoms with E-state index in [0.29, 0.717) is 33.9 Å². The highest BCUT2D eigenvalue weighted by Gasteiger charge is 2.30. The van der Waals surface area contributed by atoms with Crippen LogP contribution in [0.3, 0.4) is 0 Å². The number of sulfonamides is 1. The first-order chi connectivity index (χ1) is 12.4. The lowest BCUT2D eigenvalue weighted by molar-refractivity contribution is 0.317. The van der Waals surface area contributed by atoms with Crippen LogP contribution in [-0.4, -0.2) is 30.8 Å². The number of fused-ring (bicyclic) bond motifs is 1. The Morgan fingerprint density at radius 3 is 2.27 bits per heavy atom. The molecule has 4 nitrogen and oxygen atoms in total. The maximum absolute atomic E-state index is 12.8. The summed E-state index contributed by atoms with van der Waals surface area (Å²) in [4.78, 5) is 3.73. The van der Waals surface area contributed by atoms with E-state index in [1.807, 2.05) is 18.2 Å².